The maximum atomic E-state index is 11.7. The van der Waals surface area contributed by atoms with E-state index in [0.717, 1.165) is 6.42 Å². The zero-order valence-electron chi connectivity index (χ0n) is 12.5. The number of carbonyl (C=O) groups is 1. The molecule has 3 rings (SSSR count). The number of ether oxygens (including phenoxy) is 2. The van der Waals surface area contributed by atoms with E-state index < -0.39 is 12.3 Å². The summed E-state index contributed by atoms with van der Waals surface area (Å²) in [6, 6.07) is -0.418. The Labute approximate surface area is 120 Å². The summed E-state index contributed by atoms with van der Waals surface area (Å²) in [4.78, 5) is 11.7. The van der Waals surface area contributed by atoms with E-state index in [9.17, 15) is 4.79 Å². The molecule has 20 heavy (non-hydrogen) atoms. The Kier molecular flexibility index (Phi) is 3.80. The first-order valence-electron chi connectivity index (χ1n) is 7.79. The third-order valence-corrected chi connectivity index (χ3v) is 5.00. The van der Waals surface area contributed by atoms with Gasteiger partial charge in [0.1, 0.15) is 0 Å². The van der Waals surface area contributed by atoms with Crippen LogP contribution in [0.2, 0.25) is 0 Å². The predicted octanol–water partition coefficient (Wildman–Crippen LogP) is 2.80. The van der Waals surface area contributed by atoms with Crippen molar-refractivity contribution in [2.24, 2.45) is 33.9 Å². The zero-order valence-corrected chi connectivity index (χ0v) is 12.5. The normalized spacial score (nSPS) is 43.9. The number of nitrogens with zero attached hydrogens (tertiary/aromatic N) is 2. The van der Waals surface area contributed by atoms with Crippen molar-refractivity contribution < 1.29 is 14.3 Å². The number of carbonyl (C=O) groups excluding carboxylic acids is 1. The summed E-state index contributed by atoms with van der Waals surface area (Å²) in [6.45, 7) is 7.33. The molecule has 5 nitrogen and oxygen atoms in total. The molecule has 6 atom stereocenters. The molecular weight excluding hydrogens is 256 g/mol. The van der Waals surface area contributed by atoms with Crippen LogP contribution in [0.4, 0.5) is 0 Å². The van der Waals surface area contributed by atoms with Crippen LogP contribution < -0.4 is 0 Å². The van der Waals surface area contributed by atoms with Gasteiger partial charge >= 0.3 is 5.97 Å². The quantitative estimate of drug-likeness (QED) is 0.747. The summed E-state index contributed by atoms with van der Waals surface area (Å²) in [5, 5.41) is 7.94. The summed E-state index contributed by atoms with van der Waals surface area (Å²) >= 11 is 0. The highest BCUT2D eigenvalue weighted by atomic mass is 16.7. The van der Waals surface area contributed by atoms with E-state index in [4.69, 9.17) is 9.47 Å². The Bertz CT molecular complexity index is 410. The van der Waals surface area contributed by atoms with E-state index in [1.165, 1.54) is 12.8 Å². The lowest BCUT2D eigenvalue weighted by Crippen LogP contribution is -2.39. The molecule has 0 aromatic heterocycles. The Morgan fingerprint density at radius 3 is 2.90 bits per heavy atom. The number of cyclic esters (lactones) is 1. The van der Waals surface area contributed by atoms with E-state index in [2.05, 4.69) is 31.0 Å². The fourth-order valence-electron chi connectivity index (χ4n) is 3.72. The van der Waals surface area contributed by atoms with Gasteiger partial charge in [0.2, 0.25) is 6.29 Å². The van der Waals surface area contributed by atoms with Crippen LogP contribution in [0.15, 0.2) is 10.2 Å². The lowest BCUT2D eigenvalue weighted by Gasteiger charge is -2.38. The highest BCUT2D eigenvalue weighted by Crippen LogP contribution is 2.39. The largest absolute Gasteiger partial charge is 0.434 e. The van der Waals surface area contributed by atoms with Crippen molar-refractivity contribution in [3.63, 3.8) is 0 Å². The van der Waals surface area contributed by atoms with Gasteiger partial charge < -0.3 is 9.47 Å². The van der Waals surface area contributed by atoms with Crippen molar-refractivity contribution >= 4 is 5.97 Å². The van der Waals surface area contributed by atoms with Gasteiger partial charge in [0.25, 0.3) is 0 Å². The molecule has 1 aliphatic carbocycles. The minimum absolute atomic E-state index is 0.00690. The highest BCUT2D eigenvalue weighted by molar-refractivity contribution is 5.78. The lowest BCUT2D eigenvalue weighted by atomic mass is 9.75. The van der Waals surface area contributed by atoms with E-state index in [1.54, 1.807) is 0 Å². The first kappa shape index (κ1) is 14.0. The summed E-state index contributed by atoms with van der Waals surface area (Å²) < 4.78 is 11.6. The van der Waals surface area contributed by atoms with Crippen molar-refractivity contribution in [1.82, 2.24) is 0 Å². The molecule has 0 aromatic rings. The van der Waals surface area contributed by atoms with Crippen LogP contribution in [0.3, 0.4) is 0 Å². The molecule has 2 heterocycles. The van der Waals surface area contributed by atoms with Crippen LogP contribution in [0, 0.1) is 23.7 Å². The number of esters is 1. The molecule has 5 heteroatoms. The van der Waals surface area contributed by atoms with Gasteiger partial charge in [0.05, 0.1) is 18.6 Å². The fraction of sp³-hybridized carbons (Fsp3) is 0.933. The highest BCUT2D eigenvalue weighted by Gasteiger charge is 2.50. The third-order valence-electron chi connectivity index (χ3n) is 5.00. The Morgan fingerprint density at radius 2 is 2.15 bits per heavy atom. The number of fused-ring (bicyclic) bond motifs is 1. The second kappa shape index (κ2) is 5.43. The van der Waals surface area contributed by atoms with Gasteiger partial charge in [0, 0.05) is 0 Å². The SMILES string of the molecule is CC(C)[C@H]1CC[C@H](C)C[C@@H]1O[C@H]1OC(=O)[C@@H]2N=NC[C@H]12. The predicted molar refractivity (Wildman–Crippen MR) is 73.1 cm³/mol. The van der Waals surface area contributed by atoms with Gasteiger partial charge in [-0.05, 0) is 30.6 Å². The number of azo groups is 1. The average Bonchev–Trinajstić information content (AvgIpc) is 2.95. The Hall–Kier alpha value is -0.970. The van der Waals surface area contributed by atoms with Gasteiger partial charge in [-0.15, -0.1) is 0 Å². The van der Waals surface area contributed by atoms with Gasteiger partial charge in [-0.1, -0.05) is 27.2 Å². The first-order chi connectivity index (χ1) is 9.56. The van der Waals surface area contributed by atoms with Crippen LogP contribution >= 0.6 is 0 Å². The van der Waals surface area contributed by atoms with Crippen molar-refractivity contribution in [2.75, 3.05) is 6.54 Å². The number of rotatable bonds is 3. The minimum Gasteiger partial charge on any atom is -0.434 e. The number of hydrogen-bond acceptors (Lipinski definition) is 5. The smallest absolute Gasteiger partial charge is 0.335 e. The van der Waals surface area contributed by atoms with Crippen LogP contribution in [0.5, 0.6) is 0 Å². The summed E-state index contributed by atoms with van der Waals surface area (Å²) in [5.74, 6) is 1.55. The molecule has 0 unspecified atom stereocenters. The summed E-state index contributed by atoms with van der Waals surface area (Å²) in [5.41, 5.74) is 0. The molecule has 0 amide bonds. The van der Waals surface area contributed by atoms with Crippen LogP contribution in [-0.4, -0.2) is 30.9 Å². The molecule has 0 spiro atoms. The Balaban J connectivity index is 1.68. The second-order valence-corrected chi connectivity index (χ2v) is 6.85. The molecule has 1 saturated carbocycles. The van der Waals surface area contributed by atoms with Gasteiger partial charge in [-0.25, -0.2) is 4.79 Å². The minimum atomic E-state index is -0.445. The van der Waals surface area contributed by atoms with E-state index in [-0.39, 0.29) is 18.0 Å². The van der Waals surface area contributed by atoms with Crippen molar-refractivity contribution in [2.45, 2.75) is 58.5 Å². The molecule has 112 valence electrons. The standard InChI is InChI=1S/C15H24N2O3/c1-8(2)10-5-4-9(3)6-12(10)19-15-11-7-16-17-13(11)14(18)20-15/h8-13,15H,4-7H2,1-3H3/t9-,10+,11-,12-,13+,15-/m0/s1. The fourth-order valence-corrected chi connectivity index (χ4v) is 3.72. The van der Waals surface area contributed by atoms with E-state index in [1.807, 2.05) is 0 Å². The number of hydrogen-bond donors (Lipinski definition) is 0. The van der Waals surface area contributed by atoms with E-state index >= 15 is 0 Å². The molecule has 1 saturated heterocycles. The molecule has 0 N–H and O–H groups in total. The van der Waals surface area contributed by atoms with Crippen LogP contribution in [-0.2, 0) is 14.3 Å². The third kappa shape index (κ3) is 2.48. The van der Waals surface area contributed by atoms with Crippen LogP contribution in [0.1, 0.15) is 40.0 Å². The summed E-state index contributed by atoms with van der Waals surface area (Å²) in [7, 11) is 0. The zero-order chi connectivity index (χ0) is 14.3. The average molecular weight is 280 g/mol. The Morgan fingerprint density at radius 1 is 1.35 bits per heavy atom. The monoisotopic (exact) mass is 280 g/mol. The molecule has 3 aliphatic rings. The molecule has 2 fully saturated rings. The molecular formula is C15H24N2O3. The molecule has 0 bridgehead atoms. The lowest BCUT2D eigenvalue weighted by molar-refractivity contribution is -0.195. The van der Waals surface area contributed by atoms with Crippen molar-refractivity contribution in [1.29, 1.82) is 0 Å². The maximum absolute atomic E-state index is 11.7. The second-order valence-electron chi connectivity index (χ2n) is 6.85. The van der Waals surface area contributed by atoms with Crippen LogP contribution in [0.25, 0.3) is 0 Å². The topological polar surface area (TPSA) is 60.2 Å². The van der Waals surface area contributed by atoms with Gasteiger partial charge in [-0.2, -0.15) is 10.2 Å². The maximum Gasteiger partial charge on any atom is 0.335 e. The van der Waals surface area contributed by atoms with E-state index in [0.29, 0.717) is 24.3 Å². The first-order valence-corrected chi connectivity index (χ1v) is 7.79. The van der Waals surface area contributed by atoms with Crippen molar-refractivity contribution in [3.8, 4) is 0 Å². The van der Waals surface area contributed by atoms with Gasteiger partial charge in [-0.3, -0.25) is 0 Å². The summed E-state index contributed by atoms with van der Waals surface area (Å²) in [6.07, 6.45) is 3.27. The molecule has 2 aliphatic heterocycles. The molecule has 0 radical (unpaired) electrons. The molecule has 0 aromatic carbocycles. The van der Waals surface area contributed by atoms with Crippen molar-refractivity contribution in [3.05, 3.63) is 0 Å². The van der Waals surface area contributed by atoms with Gasteiger partial charge in [0.15, 0.2) is 6.04 Å².